The second-order valence-corrected chi connectivity index (χ2v) is 4.51. The zero-order valence-corrected chi connectivity index (χ0v) is 10.7. The molecule has 2 nitrogen and oxygen atoms in total. The minimum absolute atomic E-state index is 0.0714. The Balaban J connectivity index is 2.62. The van der Waals surface area contributed by atoms with E-state index in [0.717, 1.165) is 23.0 Å². The highest BCUT2D eigenvalue weighted by atomic mass is 79.9. The van der Waals surface area contributed by atoms with Crippen molar-refractivity contribution in [1.82, 2.24) is 0 Å². The Hall–Kier alpha value is -0.830. The van der Waals surface area contributed by atoms with Crippen LogP contribution in [0.2, 0.25) is 0 Å². The maximum absolute atomic E-state index is 11.7. The molecule has 1 aromatic rings. The van der Waals surface area contributed by atoms with Gasteiger partial charge in [-0.3, -0.25) is 4.79 Å². The molecule has 0 radical (unpaired) electrons. The molecule has 1 N–H and O–H groups in total. The molecule has 0 aliphatic heterocycles. The topological polar surface area (TPSA) is 29.1 Å². The van der Waals surface area contributed by atoms with E-state index in [1.807, 2.05) is 31.2 Å². The summed E-state index contributed by atoms with van der Waals surface area (Å²) in [6, 6.07) is 7.64. The van der Waals surface area contributed by atoms with Crippen LogP contribution in [-0.2, 0) is 4.79 Å². The van der Waals surface area contributed by atoms with Gasteiger partial charge in [0, 0.05) is 10.4 Å². The highest BCUT2D eigenvalue weighted by Crippen LogP contribution is 2.22. The number of amides is 1. The number of hydrogen-bond donors (Lipinski definition) is 1. The molecule has 1 atom stereocenters. The Bertz CT molecular complexity index is 338. The van der Waals surface area contributed by atoms with Gasteiger partial charge >= 0.3 is 0 Å². The van der Waals surface area contributed by atoms with E-state index in [9.17, 15) is 4.79 Å². The van der Waals surface area contributed by atoms with Gasteiger partial charge in [0.25, 0.3) is 0 Å². The van der Waals surface area contributed by atoms with Crippen LogP contribution in [0.3, 0.4) is 0 Å². The monoisotopic (exact) mass is 269 g/mol. The maximum Gasteiger partial charge on any atom is 0.227 e. The molecule has 0 aromatic heterocycles. The largest absolute Gasteiger partial charge is 0.325 e. The summed E-state index contributed by atoms with van der Waals surface area (Å²) in [7, 11) is 0. The van der Waals surface area contributed by atoms with Crippen molar-refractivity contribution in [3.63, 3.8) is 0 Å². The molecule has 0 heterocycles. The summed E-state index contributed by atoms with van der Waals surface area (Å²) < 4.78 is 0.919. The maximum atomic E-state index is 11.7. The lowest BCUT2D eigenvalue weighted by Gasteiger charge is -2.11. The molecular weight excluding hydrogens is 254 g/mol. The zero-order chi connectivity index (χ0) is 11.3. The summed E-state index contributed by atoms with van der Waals surface area (Å²) in [5.74, 6) is 0.158. The van der Waals surface area contributed by atoms with Crippen molar-refractivity contribution in [2.75, 3.05) is 5.32 Å². The normalized spacial score (nSPS) is 12.2. The summed E-state index contributed by atoms with van der Waals surface area (Å²) in [4.78, 5) is 11.7. The lowest BCUT2D eigenvalue weighted by atomic mass is 10.1. The second kappa shape index (κ2) is 5.91. The standard InChI is InChI=1S/C12H16BrNO/c1-3-6-9(2)12(15)14-11-8-5-4-7-10(11)13/h4-5,7-9H,3,6H2,1-2H3,(H,14,15)/t9-/m0/s1. The van der Waals surface area contributed by atoms with Gasteiger partial charge in [0.1, 0.15) is 0 Å². The van der Waals surface area contributed by atoms with Crippen LogP contribution >= 0.6 is 15.9 Å². The van der Waals surface area contributed by atoms with Crippen LogP contribution in [0.15, 0.2) is 28.7 Å². The first-order valence-corrected chi connectivity index (χ1v) is 5.99. The first-order valence-electron chi connectivity index (χ1n) is 5.20. The molecular formula is C12H16BrNO. The van der Waals surface area contributed by atoms with Crippen molar-refractivity contribution >= 4 is 27.5 Å². The van der Waals surface area contributed by atoms with Crippen LogP contribution in [0.4, 0.5) is 5.69 Å². The van der Waals surface area contributed by atoms with Crippen molar-refractivity contribution in [2.24, 2.45) is 5.92 Å². The number of rotatable bonds is 4. The average molecular weight is 270 g/mol. The molecule has 0 saturated heterocycles. The van der Waals surface area contributed by atoms with Gasteiger partial charge in [0.15, 0.2) is 0 Å². The molecule has 1 aromatic carbocycles. The summed E-state index contributed by atoms with van der Waals surface area (Å²) in [5.41, 5.74) is 0.838. The SMILES string of the molecule is CCC[C@H](C)C(=O)Nc1ccccc1Br. The number of carbonyl (C=O) groups is 1. The number of carbonyl (C=O) groups excluding carboxylic acids is 1. The highest BCUT2D eigenvalue weighted by Gasteiger charge is 2.12. The third-order valence-corrected chi connectivity index (χ3v) is 2.99. The molecule has 0 aliphatic rings. The first kappa shape index (κ1) is 12.2. The fourth-order valence-corrected chi connectivity index (χ4v) is 1.77. The van der Waals surface area contributed by atoms with E-state index < -0.39 is 0 Å². The fraction of sp³-hybridized carbons (Fsp3) is 0.417. The smallest absolute Gasteiger partial charge is 0.227 e. The number of hydrogen-bond acceptors (Lipinski definition) is 1. The average Bonchev–Trinajstić information content (AvgIpc) is 2.21. The molecule has 15 heavy (non-hydrogen) atoms. The molecule has 3 heteroatoms. The molecule has 0 saturated carbocycles. The summed E-state index contributed by atoms with van der Waals surface area (Å²) >= 11 is 3.40. The van der Waals surface area contributed by atoms with Crippen molar-refractivity contribution < 1.29 is 4.79 Å². The van der Waals surface area contributed by atoms with Crippen LogP contribution < -0.4 is 5.32 Å². The molecule has 0 spiro atoms. The molecule has 0 unspecified atom stereocenters. The third kappa shape index (κ3) is 3.67. The zero-order valence-electron chi connectivity index (χ0n) is 9.09. The molecule has 1 amide bonds. The van der Waals surface area contributed by atoms with Gasteiger partial charge in [-0.1, -0.05) is 32.4 Å². The van der Waals surface area contributed by atoms with E-state index in [-0.39, 0.29) is 11.8 Å². The Morgan fingerprint density at radius 3 is 2.73 bits per heavy atom. The van der Waals surface area contributed by atoms with Gasteiger partial charge in [-0.25, -0.2) is 0 Å². The fourth-order valence-electron chi connectivity index (χ4n) is 1.38. The third-order valence-electron chi connectivity index (χ3n) is 2.30. The van der Waals surface area contributed by atoms with Crippen molar-refractivity contribution in [3.05, 3.63) is 28.7 Å². The van der Waals surface area contributed by atoms with Crippen molar-refractivity contribution in [1.29, 1.82) is 0 Å². The molecule has 1 rings (SSSR count). The summed E-state index contributed by atoms with van der Waals surface area (Å²) in [6.45, 7) is 4.04. The number of anilines is 1. The number of para-hydroxylation sites is 1. The van der Waals surface area contributed by atoms with E-state index >= 15 is 0 Å². The lowest BCUT2D eigenvalue weighted by Crippen LogP contribution is -2.20. The lowest BCUT2D eigenvalue weighted by molar-refractivity contribution is -0.119. The number of nitrogens with one attached hydrogen (secondary N) is 1. The molecule has 0 bridgehead atoms. The van der Waals surface area contributed by atoms with Crippen LogP contribution in [0, 0.1) is 5.92 Å². The van der Waals surface area contributed by atoms with Gasteiger partial charge < -0.3 is 5.32 Å². The minimum atomic E-state index is 0.0714. The Morgan fingerprint density at radius 1 is 1.47 bits per heavy atom. The summed E-state index contributed by atoms with van der Waals surface area (Å²) in [6.07, 6.45) is 1.96. The van der Waals surface area contributed by atoms with Gasteiger partial charge in [-0.05, 0) is 34.5 Å². The van der Waals surface area contributed by atoms with E-state index in [4.69, 9.17) is 0 Å². The van der Waals surface area contributed by atoms with Crippen LogP contribution in [0.25, 0.3) is 0 Å². The number of halogens is 1. The van der Waals surface area contributed by atoms with E-state index in [1.54, 1.807) is 0 Å². The minimum Gasteiger partial charge on any atom is -0.325 e. The van der Waals surface area contributed by atoms with Gasteiger partial charge in [0.2, 0.25) is 5.91 Å². The number of benzene rings is 1. The van der Waals surface area contributed by atoms with E-state index in [2.05, 4.69) is 28.2 Å². The molecule has 82 valence electrons. The van der Waals surface area contributed by atoms with Crippen LogP contribution in [0.1, 0.15) is 26.7 Å². The Kier molecular flexibility index (Phi) is 4.82. The quantitative estimate of drug-likeness (QED) is 0.885. The van der Waals surface area contributed by atoms with Crippen molar-refractivity contribution in [2.45, 2.75) is 26.7 Å². The van der Waals surface area contributed by atoms with Gasteiger partial charge in [-0.2, -0.15) is 0 Å². The summed E-state index contributed by atoms with van der Waals surface area (Å²) in [5, 5.41) is 2.91. The van der Waals surface area contributed by atoms with E-state index in [0.29, 0.717) is 0 Å². The Morgan fingerprint density at radius 2 is 2.13 bits per heavy atom. The predicted octanol–water partition coefficient (Wildman–Crippen LogP) is 3.82. The predicted molar refractivity (Wildman–Crippen MR) is 66.8 cm³/mol. The first-order chi connectivity index (χ1) is 7.15. The second-order valence-electron chi connectivity index (χ2n) is 3.66. The molecule has 0 aliphatic carbocycles. The highest BCUT2D eigenvalue weighted by molar-refractivity contribution is 9.10. The van der Waals surface area contributed by atoms with Gasteiger partial charge in [0.05, 0.1) is 5.69 Å². The Labute approximate surface area is 99.2 Å². The van der Waals surface area contributed by atoms with Crippen molar-refractivity contribution in [3.8, 4) is 0 Å². The van der Waals surface area contributed by atoms with Crippen LogP contribution in [0.5, 0.6) is 0 Å². The van der Waals surface area contributed by atoms with Crippen LogP contribution in [-0.4, -0.2) is 5.91 Å². The van der Waals surface area contributed by atoms with Gasteiger partial charge in [-0.15, -0.1) is 0 Å². The molecule has 0 fully saturated rings. The van der Waals surface area contributed by atoms with E-state index in [1.165, 1.54) is 0 Å².